The molecule has 63 valence electrons. The summed E-state index contributed by atoms with van der Waals surface area (Å²) in [6.07, 6.45) is -6.04. The largest absolute Gasteiger partial charge is 0.522 e. The number of nitrogens with zero attached hydrogens (tertiary/aromatic N) is 1. The molecule has 0 spiro atoms. The number of hydrogen-bond donors (Lipinski definition) is 0. The normalized spacial score (nSPS) is 25.4. The van der Waals surface area contributed by atoms with Crippen molar-refractivity contribution in [2.45, 2.75) is 18.9 Å². The summed E-state index contributed by atoms with van der Waals surface area (Å²) in [6.45, 7) is -0.182. The van der Waals surface area contributed by atoms with E-state index in [0.717, 1.165) is 0 Å². The maximum absolute atomic E-state index is 11.5. The Labute approximate surface area is 60.5 Å². The van der Waals surface area contributed by atoms with Crippen molar-refractivity contribution in [1.29, 1.82) is 0 Å². The van der Waals surface area contributed by atoms with Gasteiger partial charge in [0.25, 0.3) is 0 Å². The molecule has 1 heterocycles. The SMILES string of the molecule is O=C1CC(OC(F)(F)F)C[N]1. The van der Waals surface area contributed by atoms with Gasteiger partial charge in [-0.3, -0.25) is 9.53 Å². The standard InChI is InChI=1S/C5H5F3NO2/c6-5(7,8)11-3-1-4(10)9-2-3/h3H,1-2H2. The Morgan fingerprint density at radius 2 is 2.18 bits per heavy atom. The zero-order valence-electron chi connectivity index (χ0n) is 5.39. The lowest BCUT2D eigenvalue weighted by molar-refractivity contribution is -0.339. The average Bonchev–Trinajstić information content (AvgIpc) is 2.10. The fourth-order valence-electron chi connectivity index (χ4n) is 0.795. The van der Waals surface area contributed by atoms with Crippen LogP contribution in [0, 0.1) is 0 Å². The molecule has 11 heavy (non-hydrogen) atoms. The van der Waals surface area contributed by atoms with Gasteiger partial charge < -0.3 is 0 Å². The van der Waals surface area contributed by atoms with Crippen LogP contribution < -0.4 is 5.32 Å². The molecule has 0 aromatic heterocycles. The molecule has 1 rings (SSSR count). The van der Waals surface area contributed by atoms with Gasteiger partial charge in [-0.15, -0.1) is 13.2 Å². The van der Waals surface area contributed by atoms with Crippen LogP contribution in [0.4, 0.5) is 13.2 Å². The van der Waals surface area contributed by atoms with Crippen molar-refractivity contribution < 1.29 is 22.7 Å². The lowest BCUT2D eigenvalue weighted by atomic mass is 10.3. The molecular weight excluding hydrogens is 163 g/mol. The van der Waals surface area contributed by atoms with Crippen LogP contribution in [0.3, 0.4) is 0 Å². The molecular formula is C5H5F3NO2. The Balaban J connectivity index is 2.34. The lowest BCUT2D eigenvalue weighted by Gasteiger charge is -2.10. The van der Waals surface area contributed by atoms with Crippen LogP contribution in [0.2, 0.25) is 0 Å². The Morgan fingerprint density at radius 3 is 2.55 bits per heavy atom. The van der Waals surface area contributed by atoms with Crippen LogP contribution in [0.1, 0.15) is 6.42 Å². The number of halogens is 3. The zero-order chi connectivity index (χ0) is 8.48. The van der Waals surface area contributed by atoms with Crippen molar-refractivity contribution >= 4 is 5.91 Å². The first-order valence-electron chi connectivity index (χ1n) is 2.92. The van der Waals surface area contributed by atoms with Crippen LogP contribution >= 0.6 is 0 Å². The summed E-state index contributed by atoms with van der Waals surface area (Å²) in [6, 6.07) is 0. The highest BCUT2D eigenvalue weighted by molar-refractivity contribution is 5.78. The van der Waals surface area contributed by atoms with Crippen LogP contribution in [0.15, 0.2) is 0 Å². The Kier molecular flexibility index (Phi) is 2.03. The predicted octanol–water partition coefficient (Wildman–Crippen LogP) is 0.426. The second-order valence-corrected chi connectivity index (χ2v) is 2.12. The molecule has 1 amide bonds. The predicted molar refractivity (Wildman–Crippen MR) is 27.6 cm³/mol. The van der Waals surface area contributed by atoms with E-state index < -0.39 is 18.4 Å². The molecule has 1 atom stereocenters. The van der Waals surface area contributed by atoms with Crippen molar-refractivity contribution in [2.24, 2.45) is 0 Å². The molecule has 1 radical (unpaired) electrons. The van der Waals surface area contributed by atoms with Crippen LogP contribution in [0.5, 0.6) is 0 Å². The van der Waals surface area contributed by atoms with E-state index in [0.29, 0.717) is 0 Å². The summed E-state index contributed by atoms with van der Waals surface area (Å²) in [5, 5.41) is 3.24. The summed E-state index contributed by atoms with van der Waals surface area (Å²) >= 11 is 0. The first-order valence-corrected chi connectivity index (χ1v) is 2.92. The third-order valence-corrected chi connectivity index (χ3v) is 1.17. The van der Waals surface area contributed by atoms with Crippen molar-refractivity contribution in [1.82, 2.24) is 5.32 Å². The number of carbonyl (C=O) groups excluding carboxylic acids is 1. The Morgan fingerprint density at radius 1 is 1.55 bits per heavy atom. The fraction of sp³-hybridized carbons (Fsp3) is 0.800. The Bertz CT molecular complexity index is 168. The van der Waals surface area contributed by atoms with Gasteiger partial charge in [0.15, 0.2) is 0 Å². The van der Waals surface area contributed by atoms with Gasteiger partial charge in [0.05, 0.1) is 19.1 Å². The summed E-state index contributed by atoms with van der Waals surface area (Å²) in [7, 11) is 0. The van der Waals surface area contributed by atoms with E-state index in [1.807, 2.05) is 0 Å². The maximum Gasteiger partial charge on any atom is 0.522 e. The van der Waals surface area contributed by atoms with Crippen molar-refractivity contribution in [3.05, 3.63) is 0 Å². The second kappa shape index (κ2) is 2.69. The first-order chi connectivity index (χ1) is 4.97. The molecule has 1 saturated heterocycles. The molecule has 0 aliphatic carbocycles. The summed E-state index contributed by atoms with van der Waals surface area (Å²) in [5.41, 5.74) is 0. The topological polar surface area (TPSA) is 40.4 Å². The first kappa shape index (κ1) is 8.32. The van der Waals surface area contributed by atoms with E-state index in [9.17, 15) is 18.0 Å². The summed E-state index contributed by atoms with van der Waals surface area (Å²) in [4.78, 5) is 10.3. The van der Waals surface area contributed by atoms with Crippen LogP contribution in [-0.4, -0.2) is 24.9 Å². The van der Waals surface area contributed by atoms with Gasteiger partial charge >= 0.3 is 6.36 Å². The fourth-order valence-corrected chi connectivity index (χ4v) is 0.795. The number of carbonyl (C=O) groups is 1. The Hall–Kier alpha value is -0.780. The molecule has 1 aliphatic rings. The highest BCUT2D eigenvalue weighted by Crippen LogP contribution is 2.21. The van der Waals surface area contributed by atoms with Gasteiger partial charge in [0.1, 0.15) is 0 Å². The molecule has 1 aliphatic heterocycles. The molecule has 6 heteroatoms. The second-order valence-electron chi connectivity index (χ2n) is 2.12. The minimum atomic E-state index is -4.66. The van der Waals surface area contributed by atoms with Gasteiger partial charge in [-0.1, -0.05) is 0 Å². The number of rotatable bonds is 1. The van der Waals surface area contributed by atoms with Crippen molar-refractivity contribution in [3.8, 4) is 0 Å². The molecule has 1 fully saturated rings. The zero-order valence-corrected chi connectivity index (χ0v) is 5.39. The van der Waals surface area contributed by atoms with E-state index in [-0.39, 0.29) is 13.0 Å². The quantitative estimate of drug-likeness (QED) is 0.569. The molecule has 0 bridgehead atoms. The molecule has 1 unspecified atom stereocenters. The minimum absolute atomic E-state index is 0.182. The van der Waals surface area contributed by atoms with E-state index in [2.05, 4.69) is 10.1 Å². The van der Waals surface area contributed by atoms with Gasteiger partial charge in [-0.2, -0.15) is 0 Å². The van der Waals surface area contributed by atoms with Gasteiger partial charge in [0.2, 0.25) is 5.91 Å². The van der Waals surface area contributed by atoms with E-state index in [1.54, 1.807) is 0 Å². The minimum Gasteiger partial charge on any atom is -0.286 e. The summed E-state index contributed by atoms with van der Waals surface area (Å²) < 4.78 is 37.9. The highest BCUT2D eigenvalue weighted by atomic mass is 19.4. The smallest absolute Gasteiger partial charge is 0.286 e. The van der Waals surface area contributed by atoms with Crippen molar-refractivity contribution in [3.63, 3.8) is 0 Å². The summed E-state index contributed by atoms with van der Waals surface area (Å²) in [5.74, 6) is -0.528. The molecule has 0 aromatic carbocycles. The third kappa shape index (κ3) is 2.75. The van der Waals surface area contributed by atoms with Gasteiger partial charge in [-0.05, 0) is 0 Å². The number of ether oxygens (including phenoxy) is 1. The number of hydrogen-bond acceptors (Lipinski definition) is 2. The molecule has 0 aromatic rings. The molecule has 0 N–H and O–H groups in total. The molecule has 0 saturated carbocycles. The number of amides is 1. The van der Waals surface area contributed by atoms with Crippen molar-refractivity contribution in [2.75, 3.05) is 6.54 Å². The van der Waals surface area contributed by atoms with Gasteiger partial charge in [0, 0.05) is 0 Å². The average molecular weight is 168 g/mol. The van der Waals surface area contributed by atoms with Crippen LogP contribution in [0.25, 0.3) is 0 Å². The van der Waals surface area contributed by atoms with E-state index in [1.165, 1.54) is 0 Å². The van der Waals surface area contributed by atoms with E-state index in [4.69, 9.17) is 0 Å². The monoisotopic (exact) mass is 168 g/mol. The third-order valence-electron chi connectivity index (χ3n) is 1.17. The van der Waals surface area contributed by atoms with Gasteiger partial charge in [-0.25, -0.2) is 5.32 Å². The van der Waals surface area contributed by atoms with E-state index >= 15 is 0 Å². The van der Waals surface area contributed by atoms with Crippen LogP contribution in [-0.2, 0) is 9.53 Å². The number of alkyl halides is 3. The lowest BCUT2D eigenvalue weighted by Crippen LogP contribution is -2.24. The maximum atomic E-state index is 11.5. The highest BCUT2D eigenvalue weighted by Gasteiger charge is 2.37. The molecule has 3 nitrogen and oxygen atoms in total.